The lowest BCUT2D eigenvalue weighted by molar-refractivity contribution is -0.139. The molecule has 0 amide bonds. The molecule has 0 bridgehead atoms. The lowest BCUT2D eigenvalue weighted by Gasteiger charge is -2.16. The number of hydrogen-bond donors (Lipinski definition) is 0. The highest BCUT2D eigenvalue weighted by molar-refractivity contribution is 7.93. The number of ketones is 1. The fourth-order valence-electron chi connectivity index (χ4n) is 6.95. The summed E-state index contributed by atoms with van der Waals surface area (Å²) < 4.78 is 62.0. The van der Waals surface area contributed by atoms with Gasteiger partial charge < -0.3 is 9.47 Å². The van der Waals surface area contributed by atoms with Gasteiger partial charge in [0.25, 0.3) is 5.24 Å². The van der Waals surface area contributed by atoms with Crippen LogP contribution in [0.4, 0.5) is 0 Å². The summed E-state index contributed by atoms with van der Waals surface area (Å²) in [5, 5.41) is 6.73. The molecule has 6 rings (SSSR count). The van der Waals surface area contributed by atoms with Crippen molar-refractivity contribution in [2.45, 2.75) is 108 Å². The van der Waals surface area contributed by atoms with Crippen molar-refractivity contribution in [2.75, 3.05) is 20.0 Å². The second kappa shape index (κ2) is 22.9. The van der Waals surface area contributed by atoms with Crippen molar-refractivity contribution in [2.24, 2.45) is 0 Å². The Bertz CT molecular complexity index is 2980. The summed E-state index contributed by atoms with van der Waals surface area (Å²) in [4.78, 5) is 48.9. The Morgan fingerprint density at radius 1 is 0.580 bits per heavy atom. The fraction of sp³-hybridized carbons (Fsp3) is 0.346. The summed E-state index contributed by atoms with van der Waals surface area (Å²) in [5.74, 6) is -3.38. The summed E-state index contributed by atoms with van der Waals surface area (Å²) in [6.07, 6.45) is 0. The van der Waals surface area contributed by atoms with Gasteiger partial charge in [-0.25, -0.2) is 16.8 Å². The van der Waals surface area contributed by atoms with Gasteiger partial charge in [0.1, 0.15) is 11.4 Å². The van der Waals surface area contributed by atoms with E-state index in [4.69, 9.17) is 16.3 Å². The van der Waals surface area contributed by atoms with Gasteiger partial charge in [-0.15, -0.1) is 0 Å². The van der Waals surface area contributed by atoms with E-state index in [1.54, 1.807) is 41.1 Å². The minimum absolute atomic E-state index is 0.0440. The zero-order chi connectivity index (χ0) is 51.6. The first-order valence-corrected chi connectivity index (χ1v) is 25.4. The maximum Gasteiger partial charge on any atom is 0.332 e. The minimum atomic E-state index is -4.36. The number of benzene rings is 4. The van der Waals surface area contributed by atoms with Gasteiger partial charge in [-0.1, -0.05) is 114 Å². The first-order valence-electron chi connectivity index (χ1n) is 21.9. The van der Waals surface area contributed by atoms with E-state index < -0.39 is 59.1 Å². The van der Waals surface area contributed by atoms with Crippen molar-refractivity contribution in [3.05, 3.63) is 165 Å². The first kappa shape index (κ1) is 55.4. The standard InChI is InChI=1S/C26H30N2O5S.C17H21ClN2O.C9H10O4S/c1-17-11-10-12-18(2)20(17)16-28-21(15-22(27-28)26(3,4)5)23(29)24(25(30)33-6)34(31,32)19-13-8-7-9-14-19;1-11-7-6-8-12(2)13(11)10-20-14(16(18)21)9-15(19-20)17(3,4)5;1-13-9(10)7-14(11,12)8-5-3-2-4-6-8/h7-15,24H,16H2,1-6H3;6-9H,10H2,1-5H3;2-6H,7H2,1H3. The van der Waals surface area contributed by atoms with E-state index in [-0.39, 0.29) is 27.4 Å². The number of aryl methyl sites for hydroxylation is 4. The number of sulfone groups is 2. The van der Waals surface area contributed by atoms with Crippen LogP contribution in [-0.2, 0) is 62.7 Å². The summed E-state index contributed by atoms with van der Waals surface area (Å²) in [6.45, 7) is 20.9. The van der Waals surface area contributed by atoms with Gasteiger partial charge in [-0.2, -0.15) is 10.2 Å². The van der Waals surface area contributed by atoms with Crippen LogP contribution in [0.2, 0.25) is 0 Å². The molecule has 368 valence electrons. The average Bonchev–Trinajstić information content (AvgIpc) is 3.93. The molecule has 0 radical (unpaired) electrons. The molecule has 14 nitrogen and oxygen atoms in total. The SMILES string of the molecule is COC(=O)C(C(=O)c1cc(C(C)(C)C)nn1Cc1c(C)cccc1C)S(=O)(=O)c1ccccc1.COC(=O)CS(=O)(=O)c1ccccc1.Cc1cccc(C)c1Cn1nc(C(C)(C)C)cc1C(=O)Cl. The molecular weight excluding hydrogens is 940 g/mol. The van der Waals surface area contributed by atoms with Crippen molar-refractivity contribution in [1.82, 2.24) is 19.6 Å². The number of carbonyl (C=O) groups is 4. The van der Waals surface area contributed by atoms with Crippen LogP contribution in [0, 0.1) is 27.7 Å². The van der Waals surface area contributed by atoms with Crippen LogP contribution >= 0.6 is 11.6 Å². The number of methoxy groups -OCH3 is 2. The highest BCUT2D eigenvalue weighted by atomic mass is 35.5. The molecule has 2 aromatic heterocycles. The number of Topliss-reactive ketones (excluding diaryl/α,β-unsaturated/α-hetero) is 1. The van der Waals surface area contributed by atoms with Crippen LogP contribution in [0.25, 0.3) is 0 Å². The molecule has 0 fully saturated rings. The number of carbonyl (C=O) groups excluding carboxylic acids is 4. The summed E-state index contributed by atoms with van der Waals surface area (Å²) in [7, 11) is -5.68. The molecule has 0 spiro atoms. The molecule has 1 unspecified atom stereocenters. The molecule has 0 saturated heterocycles. The van der Waals surface area contributed by atoms with Crippen LogP contribution in [0.3, 0.4) is 0 Å². The number of hydrogen-bond acceptors (Lipinski definition) is 12. The van der Waals surface area contributed by atoms with Gasteiger partial charge in [-0.05, 0) is 109 Å². The Labute approximate surface area is 410 Å². The third-order valence-electron chi connectivity index (χ3n) is 11.1. The maximum atomic E-state index is 13.7. The second-order valence-corrected chi connectivity index (χ2v) is 22.8. The molecule has 0 aliphatic heterocycles. The number of rotatable bonds is 13. The van der Waals surface area contributed by atoms with Crippen LogP contribution in [0.15, 0.2) is 119 Å². The molecule has 0 aliphatic rings. The van der Waals surface area contributed by atoms with Gasteiger partial charge in [0, 0.05) is 10.8 Å². The van der Waals surface area contributed by atoms with E-state index >= 15 is 0 Å². The highest BCUT2D eigenvalue weighted by Crippen LogP contribution is 2.28. The lowest BCUT2D eigenvalue weighted by Crippen LogP contribution is -2.40. The van der Waals surface area contributed by atoms with E-state index in [1.807, 2.05) is 58.9 Å². The Morgan fingerprint density at radius 2 is 0.971 bits per heavy atom. The predicted molar refractivity (Wildman–Crippen MR) is 266 cm³/mol. The van der Waals surface area contributed by atoms with Crippen LogP contribution < -0.4 is 0 Å². The van der Waals surface area contributed by atoms with Crippen molar-refractivity contribution in [1.29, 1.82) is 0 Å². The molecule has 69 heavy (non-hydrogen) atoms. The molecule has 4 aromatic carbocycles. The normalized spacial score (nSPS) is 12.1. The maximum absolute atomic E-state index is 13.7. The molecule has 1 atom stereocenters. The van der Waals surface area contributed by atoms with Gasteiger partial charge >= 0.3 is 11.9 Å². The van der Waals surface area contributed by atoms with Crippen molar-refractivity contribution in [3.8, 4) is 0 Å². The van der Waals surface area contributed by atoms with Crippen LogP contribution in [-0.4, -0.2) is 84.6 Å². The third-order valence-corrected chi connectivity index (χ3v) is 14.9. The second-order valence-electron chi connectivity index (χ2n) is 18.4. The number of esters is 2. The zero-order valence-electron chi connectivity index (χ0n) is 41.2. The molecule has 0 saturated carbocycles. The van der Waals surface area contributed by atoms with E-state index in [0.717, 1.165) is 36.6 Å². The monoisotopic (exact) mass is 1000 g/mol. The van der Waals surface area contributed by atoms with Crippen LogP contribution in [0.5, 0.6) is 0 Å². The van der Waals surface area contributed by atoms with Crippen molar-refractivity contribution < 1.29 is 45.5 Å². The molecule has 6 aromatic rings. The van der Waals surface area contributed by atoms with Crippen LogP contribution in [0.1, 0.15) is 107 Å². The Morgan fingerprint density at radius 3 is 1.35 bits per heavy atom. The quantitative estimate of drug-likeness (QED) is 0.0463. The van der Waals surface area contributed by atoms with Crippen molar-refractivity contribution >= 4 is 54.2 Å². The van der Waals surface area contributed by atoms with Gasteiger partial charge in [0.2, 0.25) is 11.0 Å². The Hall–Kier alpha value is -6.23. The average molecular weight is 1000 g/mol. The number of aromatic nitrogens is 4. The predicted octanol–water partition coefficient (Wildman–Crippen LogP) is 8.90. The smallest absolute Gasteiger partial charge is 0.332 e. The number of ether oxygens (including phenoxy) is 2. The Balaban J connectivity index is 0.000000251. The highest BCUT2D eigenvalue weighted by Gasteiger charge is 2.43. The van der Waals surface area contributed by atoms with E-state index in [0.29, 0.717) is 17.9 Å². The third kappa shape index (κ3) is 14.2. The van der Waals surface area contributed by atoms with Crippen molar-refractivity contribution in [3.63, 3.8) is 0 Å². The molecule has 17 heteroatoms. The largest absolute Gasteiger partial charge is 0.468 e. The van der Waals surface area contributed by atoms with Gasteiger partial charge in [0.05, 0.1) is 48.5 Å². The van der Waals surface area contributed by atoms with E-state index in [2.05, 4.69) is 61.7 Å². The minimum Gasteiger partial charge on any atom is -0.468 e. The number of nitrogens with zero attached hydrogens (tertiary/aromatic N) is 4. The topological polar surface area (TPSA) is 191 Å². The Kier molecular flexibility index (Phi) is 18.4. The summed E-state index contributed by atoms with van der Waals surface area (Å²) >= 11 is 5.72. The van der Waals surface area contributed by atoms with Gasteiger partial charge in [-0.3, -0.25) is 28.5 Å². The first-order chi connectivity index (χ1) is 32.1. The van der Waals surface area contributed by atoms with E-state index in [1.165, 1.54) is 57.8 Å². The van der Waals surface area contributed by atoms with Gasteiger partial charge in [0.15, 0.2) is 25.4 Å². The number of halogens is 1. The lowest BCUT2D eigenvalue weighted by atomic mass is 9.92. The zero-order valence-corrected chi connectivity index (χ0v) is 43.5. The molecule has 0 aliphatic carbocycles. The summed E-state index contributed by atoms with van der Waals surface area (Å²) in [6, 6.07) is 30.7. The fourth-order valence-corrected chi connectivity index (χ4v) is 9.83. The molecule has 2 heterocycles. The van der Waals surface area contributed by atoms with E-state index in [9.17, 15) is 36.0 Å². The summed E-state index contributed by atoms with van der Waals surface area (Å²) in [5.41, 5.74) is 8.03. The molecular formula is C52H61ClN4O10S2. The molecule has 0 N–H and O–H groups in total.